The number of hydrogen-bond acceptors (Lipinski definition) is 4. The highest BCUT2D eigenvalue weighted by Gasteiger charge is 2.11. The van der Waals surface area contributed by atoms with Crippen molar-refractivity contribution in [2.75, 3.05) is 0 Å². The number of hydrogen-bond donors (Lipinski definition) is 1. The van der Waals surface area contributed by atoms with Crippen LogP contribution in [0.5, 0.6) is 0 Å². The number of amides is 1. The summed E-state index contributed by atoms with van der Waals surface area (Å²) in [7, 11) is 0. The van der Waals surface area contributed by atoms with Crippen molar-refractivity contribution in [1.29, 1.82) is 0 Å². The van der Waals surface area contributed by atoms with Crippen LogP contribution in [0.4, 0.5) is 4.39 Å². The molecule has 2 N–H and O–H groups in total. The molecule has 100 valence electrons. The van der Waals surface area contributed by atoms with E-state index < -0.39 is 0 Å². The van der Waals surface area contributed by atoms with Gasteiger partial charge in [0.2, 0.25) is 5.91 Å². The molecule has 1 aromatic carbocycles. The van der Waals surface area contributed by atoms with Crippen molar-refractivity contribution >= 4 is 29.0 Å². The molecule has 0 unspecified atom stereocenters. The van der Waals surface area contributed by atoms with Crippen LogP contribution >= 0.6 is 23.1 Å². The van der Waals surface area contributed by atoms with E-state index in [0.29, 0.717) is 11.3 Å². The van der Waals surface area contributed by atoms with Crippen LogP contribution in [0.2, 0.25) is 0 Å². The Balaban J connectivity index is 2.04. The quantitative estimate of drug-likeness (QED) is 0.863. The highest BCUT2D eigenvalue weighted by Crippen LogP contribution is 2.30. The molecule has 0 atom stereocenters. The van der Waals surface area contributed by atoms with E-state index in [1.807, 2.05) is 13.0 Å². The van der Waals surface area contributed by atoms with Crippen molar-refractivity contribution in [1.82, 2.24) is 4.98 Å². The summed E-state index contributed by atoms with van der Waals surface area (Å²) >= 11 is 2.91. The van der Waals surface area contributed by atoms with E-state index in [1.165, 1.54) is 29.2 Å². The number of primary amides is 1. The first-order valence-electron chi connectivity index (χ1n) is 5.67. The first-order chi connectivity index (χ1) is 9.06. The molecular formula is C13H13FN2OS2. The SMILES string of the molecule is Cc1nc(SCc2ccccc2F)sc1CC(N)=O. The van der Waals surface area contributed by atoms with Crippen LogP contribution < -0.4 is 5.73 Å². The van der Waals surface area contributed by atoms with E-state index in [-0.39, 0.29) is 18.1 Å². The molecule has 0 aliphatic carbocycles. The molecule has 1 amide bonds. The van der Waals surface area contributed by atoms with Crippen LogP contribution in [-0.2, 0) is 17.0 Å². The van der Waals surface area contributed by atoms with Crippen molar-refractivity contribution in [3.8, 4) is 0 Å². The van der Waals surface area contributed by atoms with E-state index in [0.717, 1.165) is 14.9 Å². The highest BCUT2D eigenvalue weighted by atomic mass is 32.2. The van der Waals surface area contributed by atoms with Gasteiger partial charge in [-0.05, 0) is 18.6 Å². The maximum Gasteiger partial charge on any atom is 0.222 e. The fraction of sp³-hybridized carbons (Fsp3) is 0.231. The zero-order valence-corrected chi connectivity index (χ0v) is 12.0. The van der Waals surface area contributed by atoms with E-state index in [1.54, 1.807) is 12.1 Å². The molecule has 0 bridgehead atoms. The minimum atomic E-state index is -0.364. The smallest absolute Gasteiger partial charge is 0.222 e. The van der Waals surface area contributed by atoms with E-state index in [2.05, 4.69) is 4.98 Å². The first-order valence-corrected chi connectivity index (χ1v) is 7.47. The lowest BCUT2D eigenvalue weighted by Gasteiger charge is -2.00. The lowest BCUT2D eigenvalue weighted by molar-refractivity contribution is -0.117. The summed E-state index contributed by atoms with van der Waals surface area (Å²) in [5.74, 6) is -0.0478. The largest absolute Gasteiger partial charge is 0.369 e. The van der Waals surface area contributed by atoms with Crippen molar-refractivity contribution in [3.63, 3.8) is 0 Å². The zero-order valence-electron chi connectivity index (χ0n) is 10.4. The fourth-order valence-corrected chi connectivity index (χ4v) is 3.77. The summed E-state index contributed by atoms with van der Waals surface area (Å²) in [6.07, 6.45) is 0.212. The summed E-state index contributed by atoms with van der Waals surface area (Å²) < 4.78 is 14.3. The fourth-order valence-electron chi connectivity index (χ4n) is 1.54. The molecule has 0 aliphatic rings. The zero-order chi connectivity index (χ0) is 13.8. The average Bonchev–Trinajstić information content (AvgIpc) is 2.68. The van der Waals surface area contributed by atoms with Gasteiger partial charge >= 0.3 is 0 Å². The van der Waals surface area contributed by atoms with Gasteiger partial charge in [0.15, 0.2) is 4.34 Å². The third kappa shape index (κ3) is 3.78. The van der Waals surface area contributed by atoms with Gasteiger partial charge in [-0.1, -0.05) is 30.0 Å². The predicted octanol–water partition coefficient (Wildman–Crippen LogP) is 2.91. The number of rotatable bonds is 5. The number of thioether (sulfide) groups is 1. The summed E-state index contributed by atoms with van der Waals surface area (Å²) in [6.45, 7) is 1.85. The number of aromatic nitrogens is 1. The first kappa shape index (κ1) is 14.0. The second-order valence-corrected chi connectivity index (χ2v) is 6.32. The molecule has 19 heavy (non-hydrogen) atoms. The molecular weight excluding hydrogens is 283 g/mol. The maximum atomic E-state index is 13.5. The van der Waals surface area contributed by atoms with Gasteiger partial charge in [0.1, 0.15) is 5.82 Å². The van der Waals surface area contributed by atoms with Gasteiger partial charge in [0.25, 0.3) is 0 Å². The van der Waals surface area contributed by atoms with Gasteiger partial charge < -0.3 is 5.73 Å². The average molecular weight is 296 g/mol. The lowest BCUT2D eigenvalue weighted by atomic mass is 10.2. The van der Waals surface area contributed by atoms with Crippen LogP contribution in [0.3, 0.4) is 0 Å². The molecule has 2 aromatic rings. The second-order valence-electron chi connectivity index (χ2n) is 4.01. The lowest BCUT2D eigenvalue weighted by Crippen LogP contribution is -2.13. The number of nitrogens with two attached hydrogens (primary N) is 1. The number of carbonyl (C=O) groups is 1. The topological polar surface area (TPSA) is 56.0 Å². The van der Waals surface area contributed by atoms with Gasteiger partial charge in [-0.2, -0.15) is 0 Å². The van der Waals surface area contributed by atoms with Crippen LogP contribution in [0.1, 0.15) is 16.1 Å². The third-order valence-electron chi connectivity index (χ3n) is 2.52. The van der Waals surface area contributed by atoms with Crippen LogP contribution in [0.25, 0.3) is 0 Å². The number of benzene rings is 1. The molecule has 6 heteroatoms. The van der Waals surface area contributed by atoms with Gasteiger partial charge in [-0.3, -0.25) is 4.79 Å². The predicted molar refractivity (Wildman–Crippen MR) is 75.7 cm³/mol. The van der Waals surface area contributed by atoms with Crippen molar-refractivity contribution < 1.29 is 9.18 Å². The molecule has 0 radical (unpaired) electrons. The Kier molecular flexibility index (Phi) is 4.55. The van der Waals surface area contributed by atoms with E-state index in [4.69, 9.17) is 5.73 Å². The van der Waals surface area contributed by atoms with Crippen molar-refractivity contribution in [2.45, 2.75) is 23.4 Å². The Morgan fingerprint density at radius 2 is 2.21 bits per heavy atom. The normalized spacial score (nSPS) is 10.6. The van der Waals surface area contributed by atoms with Gasteiger partial charge in [-0.15, -0.1) is 11.3 Å². The Morgan fingerprint density at radius 1 is 1.47 bits per heavy atom. The maximum absolute atomic E-state index is 13.5. The molecule has 0 spiro atoms. The Hall–Kier alpha value is -1.40. The monoisotopic (exact) mass is 296 g/mol. The molecule has 2 rings (SSSR count). The number of halogens is 1. The third-order valence-corrected chi connectivity index (χ3v) is 4.87. The minimum Gasteiger partial charge on any atom is -0.369 e. The Bertz CT molecular complexity index is 598. The second kappa shape index (κ2) is 6.16. The van der Waals surface area contributed by atoms with Crippen LogP contribution in [0, 0.1) is 12.7 Å². The highest BCUT2D eigenvalue weighted by molar-refractivity contribution is 8.00. The number of carbonyl (C=O) groups excluding carboxylic acids is 1. The summed E-state index contributed by atoms with van der Waals surface area (Å²) in [4.78, 5) is 16.1. The molecule has 0 fully saturated rings. The summed E-state index contributed by atoms with van der Waals surface area (Å²) in [5.41, 5.74) is 6.64. The molecule has 0 saturated carbocycles. The number of thiazole rings is 1. The summed E-state index contributed by atoms with van der Waals surface area (Å²) in [6, 6.07) is 6.68. The van der Waals surface area contributed by atoms with Gasteiger partial charge in [0, 0.05) is 10.6 Å². The van der Waals surface area contributed by atoms with Crippen molar-refractivity contribution in [2.24, 2.45) is 5.73 Å². The molecule has 1 aromatic heterocycles. The Morgan fingerprint density at radius 3 is 2.89 bits per heavy atom. The summed E-state index contributed by atoms with van der Waals surface area (Å²) in [5, 5.41) is 0. The molecule has 0 aliphatic heterocycles. The Labute approximate surface area is 119 Å². The molecule has 0 saturated heterocycles. The van der Waals surface area contributed by atoms with E-state index >= 15 is 0 Å². The standard InChI is InChI=1S/C13H13FN2OS2/c1-8-11(6-12(15)17)19-13(16-8)18-7-9-4-2-3-5-10(9)14/h2-5H,6-7H2,1H3,(H2,15,17). The molecule has 3 nitrogen and oxygen atoms in total. The molecule has 1 heterocycles. The number of nitrogens with zero attached hydrogens (tertiary/aromatic N) is 1. The van der Waals surface area contributed by atoms with Crippen LogP contribution in [-0.4, -0.2) is 10.9 Å². The minimum absolute atomic E-state index is 0.208. The van der Waals surface area contributed by atoms with Gasteiger partial charge in [-0.25, -0.2) is 9.37 Å². The van der Waals surface area contributed by atoms with Crippen molar-refractivity contribution in [3.05, 3.63) is 46.2 Å². The van der Waals surface area contributed by atoms with E-state index in [9.17, 15) is 9.18 Å². The number of aryl methyl sites for hydroxylation is 1. The van der Waals surface area contributed by atoms with Gasteiger partial charge in [0.05, 0.1) is 12.1 Å². The van der Waals surface area contributed by atoms with Crippen LogP contribution in [0.15, 0.2) is 28.6 Å².